The highest BCUT2D eigenvalue weighted by Crippen LogP contribution is 2.15. The van der Waals surface area contributed by atoms with Gasteiger partial charge in [0.2, 0.25) is 0 Å². The fourth-order valence-corrected chi connectivity index (χ4v) is 1.58. The minimum atomic E-state index is -0.919. The molecule has 0 amide bonds. The lowest BCUT2D eigenvalue weighted by Gasteiger charge is -1.99. The molecule has 80 valence electrons. The molecule has 1 heterocycles. The molecule has 0 fully saturated rings. The van der Waals surface area contributed by atoms with Gasteiger partial charge in [-0.2, -0.15) is 0 Å². The largest absolute Gasteiger partial charge is 0.478 e. The first-order chi connectivity index (χ1) is 7.08. The van der Waals surface area contributed by atoms with E-state index in [2.05, 4.69) is 9.97 Å². The molecule has 4 nitrogen and oxygen atoms in total. The van der Waals surface area contributed by atoms with E-state index in [1.165, 1.54) is 17.8 Å². The highest BCUT2D eigenvalue weighted by atomic mass is 32.2. The Morgan fingerprint density at radius 3 is 2.67 bits per heavy atom. The van der Waals surface area contributed by atoms with Crippen LogP contribution in [-0.2, 0) is 4.79 Å². The summed E-state index contributed by atoms with van der Waals surface area (Å²) in [5.41, 5.74) is 1.80. The number of nitrogens with zero attached hydrogens (tertiary/aromatic N) is 2. The molecule has 0 atom stereocenters. The Morgan fingerprint density at radius 2 is 2.13 bits per heavy atom. The molecule has 1 N–H and O–H groups in total. The Balaban J connectivity index is 2.50. The van der Waals surface area contributed by atoms with E-state index in [-0.39, 0.29) is 0 Å². The first kappa shape index (κ1) is 11.7. The number of thioether (sulfide) groups is 1. The number of aliphatic carboxylic acids is 1. The van der Waals surface area contributed by atoms with Gasteiger partial charge in [-0.25, -0.2) is 14.8 Å². The molecule has 0 radical (unpaired) electrons. The maximum Gasteiger partial charge on any atom is 0.328 e. The van der Waals surface area contributed by atoms with Gasteiger partial charge in [0.1, 0.15) is 0 Å². The summed E-state index contributed by atoms with van der Waals surface area (Å²) in [5, 5.41) is 9.17. The van der Waals surface area contributed by atoms with Crippen molar-refractivity contribution in [3.8, 4) is 0 Å². The molecule has 1 aromatic rings. The number of carbonyl (C=O) groups is 1. The van der Waals surface area contributed by atoms with E-state index in [4.69, 9.17) is 5.11 Å². The summed E-state index contributed by atoms with van der Waals surface area (Å²) in [6.07, 6.45) is 4.68. The lowest BCUT2D eigenvalue weighted by atomic mass is 10.3. The molecule has 5 heteroatoms. The minimum absolute atomic E-state index is 0.593. The molecule has 0 unspecified atom stereocenters. The number of hydrogen-bond acceptors (Lipinski definition) is 4. The molecule has 0 aliphatic rings. The van der Waals surface area contributed by atoms with E-state index in [1.807, 2.05) is 6.92 Å². The van der Waals surface area contributed by atoms with E-state index in [0.29, 0.717) is 10.9 Å². The molecule has 0 aromatic carbocycles. The van der Waals surface area contributed by atoms with Gasteiger partial charge < -0.3 is 5.11 Å². The van der Waals surface area contributed by atoms with E-state index in [9.17, 15) is 4.79 Å². The van der Waals surface area contributed by atoms with Gasteiger partial charge in [0, 0.05) is 24.2 Å². The van der Waals surface area contributed by atoms with E-state index < -0.39 is 5.97 Å². The van der Waals surface area contributed by atoms with Crippen LogP contribution in [0.15, 0.2) is 29.2 Å². The highest BCUT2D eigenvalue weighted by Gasteiger charge is 1.99. The van der Waals surface area contributed by atoms with Crippen LogP contribution in [0.5, 0.6) is 0 Å². The van der Waals surface area contributed by atoms with Crippen LogP contribution in [0.1, 0.15) is 12.5 Å². The average molecular weight is 224 g/mol. The zero-order valence-electron chi connectivity index (χ0n) is 8.60. The Hall–Kier alpha value is -1.36. The summed E-state index contributed by atoms with van der Waals surface area (Å²) in [6, 6.07) is 0. The van der Waals surface area contributed by atoms with Crippen molar-refractivity contribution in [2.45, 2.75) is 19.0 Å². The van der Waals surface area contributed by atoms with Crippen LogP contribution in [0.3, 0.4) is 0 Å². The molecular weight excluding hydrogens is 212 g/mol. The smallest absolute Gasteiger partial charge is 0.328 e. The second-order valence-electron chi connectivity index (χ2n) is 3.16. The number of carboxylic acids is 1. The molecule has 1 rings (SSSR count). The normalized spacial score (nSPS) is 11.5. The number of hydrogen-bond donors (Lipinski definition) is 1. The maximum atomic E-state index is 10.3. The van der Waals surface area contributed by atoms with Crippen molar-refractivity contribution in [2.24, 2.45) is 0 Å². The van der Waals surface area contributed by atoms with Crippen molar-refractivity contribution < 1.29 is 9.90 Å². The summed E-state index contributed by atoms with van der Waals surface area (Å²) < 4.78 is 0. The Kier molecular flexibility index (Phi) is 4.30. The Labute approximate surface area is 92.4 Å². The number of rotatable bonds is 4. The third-order valence-corrected chi connectivity index (χ3v) is 2.62. The zero-order chi connectivity index (χ0) is 11.3. The van der Waals surface area contributed by atoms with E-state index in [1.54, 1.807) is 19.3 Å². The van der Waals surface area contributed by atoms with E-state index >= 15 is 0 Å². The van der Waals surface area contributed by atoms with Gasteiger partial charge in [0.05, 0.1) is 0 Å². The van der Waals surface area contributed by atoms with Crippen LogP contribution in [-0.4, -0.2) is 26.8 Å². The van der Waals surface area contributed by atoms with Gasteiger partial charge in [-0.05, 0) is 19.4 Å². The topological polar surface area (TPSA) is 63.1 Å². The molecule has 0 aliphatic carbocycles. The second kappa shape index (κ2) is 5.50. The standard InChI is InChI=1S/C10H12N2O2S/c1-7(3-9(13)14)6-15-10-11-4-8(2)5-12-10/h3-5H,6H2,1-2H3,(H,13,14). The number of aromatic nitrogens is 2. The number of carboxylic acid groups (broad SMARTS) is 1. The van der Waals surface area contributed by atoms with Crippen LogP contribution >= 0.6 is 11.8 Å². The summed E-state index contributed by atoms with van der Waals surface area (Å²) in [6.45, 7) is 3.69. The van der Waals surface area contributed by atoms with Gasteiger partial charge in [0.25, 0.3) is 0 Å². The molecule has 0 saturated carbocycles. The lowest BCUT2D eigenvalue weighted by molar-refractivity contribution is -0.131. The Bertz CT molecular complexity index is 374. The molecule has 15 heavy (non-hydrogen) atoms. The van der Waals surface area contributed by atoms with Crippen LogP contribution < -0.4 is 0 Å². The van der Waals surface area contributed by atoms with Crippen molar-refractivity contribution in [3.05, 3.63) is 29.6 Å². The molecule has 1 aromatic heterocycles. The van der Waals surface area contributed by atoms with Gasteiger partial charge in [-0.15, -0.1) is 0 Å². The fraction of sp³-hybridized carbons (Fsp3) is 0.300. The van der Waals surface area contributed by atoms with E-state index in [0.717, 1.165) is 11.1 Å². The van der Waals surface area contributed by atoms with Gasteiger partial charge in [0.15, 0.2) is 5.16 Å². The van der Waals surface area contributed by atoms with Crippen molar-refractivity contribution in [2.75, 3.05) is 5.75 Å². The average Bonchev–Trinajstić information content (AvgIpc) is 2.16. The zero-order valence-corrected chi connectivity index (χ0v) is 9.41. The highest BCUT2D eigenvalue weighted by molar-refractivity contribution is 7.99. The third kappa shape index (κ3) is 4.60. The molecule has 0 bridgehead atoms. The summed E-state index contributed by atoms with van der Waals surface area (Å²) in [7, 11) is 0. The van der Waals surface area contributed by atoms with Crippen molar-refractivity contribution in [3.63, 3.8) is 0 Å². The van der Waals surface area contributed by atoms with Gasteiger partial charge >= 0.3 is 5.97 Å². The van der Waals surface area contributed by atoms with Crippen LogP contribution in [0.25, 0.3) is 0 Å². The van der Waals surface area contributed by atoms with Crippen molar-refractivity contribution >= 4 is 17.7 Å². The molecule has 0 saturated heterocycles. The van der Waals surface area contributed by atoms with Crippen LogP contribution in [0.2, 0.25) is 0 Å². The van der Waals surface area contributed by atoms with Crippen molar-refractivity contribution in [1.82, 2.24) is 9.97 Å². The fourth-order valence-electron chi connectivity index (χ4n) is 0.886. The summed E-state index contributed by atoms with van der Waals surface area (Å²) >= 11 is 1.43. The quantitative estimate of drug-likeness (QED) is 0.481. The van der Waals surface area contributed by atoms with Gasteiger partial charge in [-0.3, -0.25) is 0 Å². The SMILES string of the molecule is CC(=CC(=O)O)CSc1ncc(C)cn1. The lowest BCUT2D eigenvalue weighted by Crippen LogP contribution is -1.93. The first-order valence-corrected chi connectivity index (χ1v) is 5.38. The number of aryl methyl sites for hydroxylation is 1. The second-order valence-corrected chi connectivity index (χ2v) is 4.10. The minimum Gasteiger partial charge on any atom is -0.478 e. The monoisotopic (exact) mass is 224 g/mol. The first-order valence-electron chi connectivity index (χ1n) is 4.39. The molecule has 0 spiro atoms. The summed E-state index contributed by atoms with van der Waals surface area (Å²) in [5.74, 6) is -0.326. The molecular formula is C10H12N2O2S. The third-order valence-electron chi connectivity index (χ3n) is 1.56. The predicted molar refractivity (Wildman–Crippen MR) is 58.9 cm³/mol. The van der Waals surface area contributed by atoms with Gasteiger partial charge in [-0.1, -0.05) is 17.3 Å². The predicted octanol–water partition coefficient (Wildman–Crippen LogP) is 1.91. The summed E-state index contributed by atoms with van der Waals surface area (Å²) in [4.78, 5) is 18.6. The Morgan fingerprint density at radius 1 is 1.53 bits per heavy atom. The van der Waals surface area contributed by atoms with Crippen LogP contribution in [0.4, 0.5) is 0 Å². The maximum absolute atomic E-state index is 10.3. The molecule has 0 aliphatic heterocycles. The van der Waals surface area contributed by atoms with Crippen LogP contribution in [0, 0.1) is 6.92 Å². The van der Waals surface area contributed by atoms with Crippen molar-refractivity contribution in [1.29, 1.82) is 0 Å².